The lowest BCUT2D eigenvalue weighted by Gasteiger charge is -1.99. The van der Waals surface area contributed by atoms with Gasteiger partial charge in [0.25, 0.3) is 0 Å². The number of aliphatic hydroxyl groups excluding tert-OH is 2. The molecule has 0 amide bonds. The first-order chi connectivity index (χ1) is 3.81. The third-order valence-electron chi connectivity index (χ3n) is 0.708. The smallest absolute Gasteiger partial charge is 0.0805 e. The van der Waals surface area contributed by atoms with Gasteiger partial charge in [-0.15, -0.1) is 0 Å². The van der Waals surface area contributed by atoms with E-state index in [4.69, 9.17) is 10.2 Å². The molecule has 0 aromatic heterocycles. The van der Waals surface area contributed by atoms with Gasteiger partial charge in [0.1, 0.15) is 0 Å². The number of halogens is 1. The second-order valence-corrected chi connectivity index (χ2v) is 1.96. The van der Waals surface area contributed by atoms with E-state index in [1.54, 1.807) is 11.1 Å². The molecule has 0 rings (SSSR count). The molecule has 0 aliphatic heterocycles. The molecule has 0 saturated heterocycles. The van der Waals surface area contributed by atoms with Crippen LogP contribution in [0.25, 0.3) is 0 Å². The van der Waals surface area contributed by atoms with Crippen molar-refractivity contribution in [1.29, 1.82) is 0 Å². The Morgan fingerprint density at radius 1 is 1.62 bits per heavy atom. The SMILES string of the molecule is OCC(O)C/C=C/Br. The monoisotopic (exact) mass is 180 g/mol. The first-order valence-corrected chi connectivity index (χ1v) is 3.27. The standard InChI is InChI=1S/C5H9BrO2/c6-3-1-2-5(8)4-7/h1,3,5,7-8H,2,4H2/b3-1+. The molecule has 2 nitrogen and oxygen atoms in total. The van der Waals surface area contributed by atoms with E-state index in [-0.39, 0.29) is 6.61 Å². The molecule has 1 atom stereocenters. The van der Waals surface area contributed by atoms with Crippen LogP contribution in [0.2, 0.25) is 0 Å². The van der Waals surface area contributed by atoms with Gasteiger partial charge in [0.05, 0.1) is 12.7 Å². The number of rotatable bonds is 3. The third-order valence-corrected chi connectivity index (χ3v) is 1.08. The van der Waals surface area contributed by atoms with Gasteiger partial charge in [0.2, 0.25) is 0 Å². The highest BCUT2D eigenvalue weighted by Crippen LogP contribution is 1.93. The highest BCUT2D eigenvalue weighted by molar-refractivity contribution is 9.11. The van der Waals surface area contributed by atoms with E-state index >= 15 is 0 Å². The maximum Gasteiger partial charge on any atom is 0.0805 e. The minimum Gasteiger partial charge on any atom is -0.394 e. The molecule has 8 heavy (non-hydrogen) atoms. The molecule has 48 valence electrons. The molecule has 0 aliphatic carbocycles. The van der Waals surface area contributed by atoms with Crippen LogP contribution < -0.4 is 0 Å². The zero-order valence-electron chi connectivity index (χ0n) is 4.42. The van der Waals surface area contributed by atoms with Crippen LogP contribution in [0.1, 0.15) is 6.42 Å². The summed E-state index contributed by atoms with van der Waals surface area (Å²) in [6.07, 6.45) is 1.63. The van der Waals surface area contributed by atoms with Crippen molar-refractivity contribution < 1.29 is 10.2 Å². The summed E-state index contributed by atoms with van der Waals surface area (Å²) in [5.74, 6) is 0. The molecule has 0 saturated carbocycles. The number of aliphatic hydroxyl groups is 2. The summed E-state index contributed by atoms with van der Waals surface area (Å²) in [4.78, 5) is 1.66. The maximum absolute atomic E-state index is 8.67. The summed E-state index contributed by atoms with van der Waals surface area (Å²) < 4.78 is 0. The van der Waals surface area contributed by atoms with E-state index in [0.29, 0.717) is 6.42 Å². The Balaban J connectivity index is 3.10. The van der Waals surface area contributed by atoms with Crippen molar-refractivity contribution in [3.63, 3.8) is 0 Å². The van der Waals surface area contributed by atoms with Gasteiger partial charge in [-0.2, -0.15) is 0 Å². The fourth-order valence-corrected chi connectivity index (χ4v) is 0.499. The van der Waals surface area contributed by atoms with Crippen LogP contribution in [-0.2, 0) is 0 Å². The van der Waals surface area contributed by atoms with Gasteiger partial charge in [-0.3, -0.25) is 0 Å². The Bertz CT molecular complexity index is 72.8. The van der Waals surface area contributed by atoms with Crippen molar-refractivity contribution in [3.05, 3.63) is 11.1 Å². The largest absolute Gasteiger partial charge is 0.394 e. The van der Waals surface area contributed by atoms with Gasteiger partial charge in [-0.1, -0.05) is 22.0 Å². The molecule has 0 radical (unpaired) electrons. The summed E-state index contributed by atoms with van der Waals surface area (Å²) in [6.45, 7) is -0.169. The molecule has 0 aromatic carbocycles. The molecular weight excluding hydrogens is 172 g/mol. The van der Waals surface area contributed by atoms with Crippen LogP contribution in [0, 0.1) is 0 Å². The van der Waals surface area contributed by atoms with Gasteiger partial charge in [0.15, 0.2) is 0 Å². The lowest BCUT2D eigenvalue weighted by Crippen LogP contribution is -2.09. The minimum atomic E-state index is -0.608. The molecule has 0 bridgehead atoms. The molecule has 0 heterocycles. The second-order valence-electron chi connectivity index (χ2n) is 1.43. The van der Waals surface area contributed by atoms with Crippen molar-refractivity contribution in [2.24, 2.45) is 0 Å². The normalized spacial score (nSPS) is 14.9. The van der Waals surface area contributed by atoms with Crippen molar-refractivity contribution in [1.82, 2.24) is 0 Å². The predicted octanol–water partition coefficient (Wildman–Crippen LogP) is 0.638. The average Bonchev–Trinajstić information content (AvgIpc) is 1.83. The van der Waals surface area contributed by atoms with Crippen LogP contribution in [0.15, 0.2) is 11.1 Å². The van der Waals surface area contributed by atoms with Crippen molar-refractivity contribution in [2.45, 2.75) is 12.5 Å². The highest BCUT2D eigenvalue weighted by atomic mass is 79.9. The van der Waals surface area contributed by atoms with Gasteiger partial charge in [-0.05, 0) is 11.4 Å². The van der Waals surface area contributed by atoms with Crippen LogP contribution in [0.4, 0.5) is 0 Å². The van der Waals surface area contributed by atoms with Crippen LogP contribution in [0.5, 0.6) is 0 Å². The summed E-state index contributed by atoms with van der Waals surface area (Å²) in [5.41, 5.74) is 0. The molecule has 2 N–H and O–H groups in total. The summed E-state index contributed by atoms with van der Waals surface area (Å²) >= 11 is 3.03. The Morgan fingerprint density at radius 2 is 2.25 bits per heavy atom. The molecule has 0 aliphatic rings. The molecule has 3 heteroatoms. The van der Waals surface area contributed by atoms with E-state index in [9.17, 15) is 0 Å². The summed E-state index contributed by atoms with van der Waals surface area (Å²) in [6, 6.07) is 0. The Morgan fingerprint density at radius 3 is 2.62 bits per heavy atom. The fraction of sp³-hybridized carbons (Fsp3) is 0.600. The van der Waals surface area contributed by atoms with E-state index in [2.05, 4.69) is 15.9 Å². The summed E-state index contributed by atoms with van der Waals surface area (Å²) in [5, 5.41) is 16.9. The topological polar surface area (TPSA) is 40.5 Å². The number of hydrogen-bond acceptors (Lipinski definition) is 2. The van der Waals surface area contributed by atoms with Crippen LogP contribution in [0.3, 0.4) is 0 Å². The zero-order valence-corrected chi connectivity index (χ0v) is 6.00. The lowest BCUT2D eigenvalue weighted by molar-refractivity contribution is 0.0976. The lowest BCUT2D eigenvalue weighted by atomic mass is 10.3. The Hall–Kier alpha value is 0.140. The van der Waals surface area contributed by atoms with E-state index < -0.39 is 6.10 Å². The third kappa shape index (κ3) is 4.30. The molecule has 0 fully saturated rings. The van der Waals surface area contributed by atoms with Crippen molar-refractivity contribution in [3.8, 4) is 0 Å². The van der Waals surface area contributed by atoms with E-state index in [0.717, 1.165) is 0 Å². The summed E-state index contributed by atoms with van der Waals surface area (Å²) in [7, 11) is 0. The van der Waals surface area contributed by atoms with Crippen LogP contribution >= 0.6 is 15.9 Å². The van der Waals surface area contributed by atoms with Crippen molar-refractivity contribution >= 4 is 15.9 Å². The van der Waals surface area contributed by atoms with Crippen molar-refractivity contribution in [2.75, 3.05) is 6.61 Å². The zero-order chi connectivity index (χ0) is 6.41. The van der Waals surface area contributed by atoms with Gasteiger partial charge < -0.3 is 10.2 Å². The van der Waals surface area contributed by atoms with Crippen LogP contribution in [-0.4, -0.2) is 22.9 Å². The van der Waals surface area contributed by atoms with Gasteiger partial charge in [-0.25, -0.2) is 0 Å². The Labute approximate surface area is 57.0 Å². The first-order valence-electron chi connectivity index (χ1n) is 2.35. The molecule has 0 aromatic rings. The number of hydrogen-bond donors (Lipinski definition) is 2. The highest BCUT2D eigenvalue weighted by Gasteiger charge is 1.94. The minimum absolute atomic E-state index is 0.169. The second kappa shape index (κ2) is 5.28. The molecule has 0 spiro atoms. The average molecular weight is 181 g/mol. The molecular formula is C5H9BrO2. The Kier molecular flexibility index (Phi) is 5.37. The quantitative estimate of drug-likeness (QED) is 0.670. The van der Waals surface area contributed by atoms with Gasteiger partial charge in [0, 0.05) is 0 Å². The maximum atomic E-state index is 8.67. The first kappa shape index (κ1) is 8.14. The molecule has 1 unspecified atom stereocenters. The van der Waals surface area contributed by atoms with E-state index in [1.807, 2.05) is 0 Å². The van der Waals surface area contributed by atoms with Gasteiger partial charge >= 0.3 is 0 Å². The fourth-order valence-electron chi connectivity index (χ4n) is 0.283. The predicted molar refractivity (Wildman–Crippen MR) is 35.8 cm³/mol. The van der Waals surface area contributed by atoms with E-state index in [1.165, 1.54) is 0 Å².